The number of benzene rings is 2. The fourth-order valence-corrected chi connectivity index (χ4v) is 2.13. The molecule has 3 aromatic rings. The van der Waals surface area contributed by atoms with Crippen LogP contribution in [-0.4, -0.2) is 28.3 Å². The summed E-state index contributed by atoms with van der Waals surface area (Å²) in [4.78, 5) is 18.7. The molecule has 0 saturated heterocycles. The van der Waals surface area contributed by atoms with E-state index in [1.807, 2.05) is 18.2 Å². The Balaban J connectivity index is 1.95. The van der Waals surface area contributed by atoms with Crippen molar-refractivity contribution in [3.8, 4) is 23.1 Å². The molecule has 0 spiro atoms. The van der Waals surface area contributed by atoms with E-state index in [0.29, 0.717) is 11.3 Å². The Morgan fingerprint density at radius 1 is 1.28 bits per heavy atom. The van der Waals surface area contributed by atoms with Crippen LogP contribution in [-0.2, 0) is 0 Å². The minimum Gasteiger partial charge on any atom is -0.497 e. The molecule has 0 amide bonds. The summed E-state index contributed by atoms with van der Waals surface area (Å²) in [5.41, 5.74) is 0.636. The van der Waals surface area contributed by atoms with Gasteiger partial charge in [-0.15, -0.1) is 0 Å². The fraction of sp³-hybridized carbons (Fsp3) is 0.0588. The van der Waals surface area contributed by atoms with Crippen molar-refractivity contribution >= 4 is 17.6 Å². The van der Waals surface area contributed by atoms with Crippen LogP contribution in [0.2, 0.25) is 0 Å². The lowest BCUT2D eigenvalue weighted by Gasteiger charge is -2.01. The van der Waals surface area contributed by atoms with Crippen LogP contribution in [0.3, 0.4) is 0 Å². The van der Waals surface area contributed by atoms with Crippen molar-refractivity contribution in [3.05, 3.63) is 64.3 Å². The predicted molar refractivity (Wildman–Crippen MR) is 90.5 cm³/mol. The summed E-state index contributed by atoms with van der Waals surface area (Å²) < 4.78 is 10.3. The zero-order valence-electron chi connectivity index (χ0n) is 13.1. The van der Waals surface area contributed by atoms with Crippen molar-refractivity contribution in [1.82, 2.24) is 4.98 Å². The van der Waals surface area contributed by atoms with E-state index >= 15 is 0 Å². The van der Waals surface area contributed by atoms with Gasteiger partial charge in [0.25, 0.3) is 5.69 Å². The smallest absolute Gasteiger partial charge is 0.312 e. The molecule has 8 nitrogen and oxygen atoms in total. The Morgan fingerprint density at radius 3 is 2.72 bits per heavy atom. The van der Waals surface area contributed by atoms with Crippen LogP contribution >= 0.6 is 0 Å². The molecule has 0 saturated carbocycles. The first kappa shape index (κ1) is 16.2. The molecule has 3 rings (SSSR count). The van der Waals surface area contributed by atoms with Crippen molar-refractivity contribution in [3.63, 3.8) is 0 Å². The Hall–Kier alpha value is -3.68. The van der Waals surface area contributed by atoms with Crippen LogP contribution in [0, 0.1) is 10.1 Å². The molecule has 0 aliphatic rings. The number of hydrogen-bond donors (Lipinski definition) is 1. The first-order valence-corrected chi connectivity index (χ1v) is 7.20. The van der Waals surface area contributed by atoms with Crippen molar-refractivity contribution < 1.29 is 19.2 Å². The van der Waals surface area contributed by atoms with Gasteiger partial charge in [-0.25, -0.2) is 9.98 Å². The molecular weight excluding hydrogens is 326 g/mol. The number of hydrogen-bond acceptors (Lipinski definition) is 7. The lowest BCUT2D eigenvalue weighted by Crippen LogP contribution is -1.91. The monoisotopic (exact) mass is 339 g/mol. The summed E-state index contributed by atoms with van der Waals surface area (Å²) in [6.45, 7) is 0. The van der Waals surface area contributed by atoms with Gasteiger partial charge in [-0.2, -0.15) is 0 Å². The Morgan fingerprint density at radius 2 is 2.04 bits per heavy atom. The largest absolute Gasteiger partial charge is 0.497 e. The van der Waals surface area contributed by atoms with Gasteiger partial charge in [-0.1, -0.05) is 18.2 Å². The third kappa shape index (κ3) is 3.47. The number of methoxy groups -OCH3 is 1. The second-order valence-electron chi connectivity index (χ2n) is 4.95. The Bertz CT molecular complexity index is 935. The highest BCUT2D eigenvalue weighted by Gasteiger charge is 2.16. The number of nitrogens with zero attached hydrogens (tertiary/aromatic N) is 3. The summed E-state index contributed by atoms with van der Waals surface area (Å²) >= 11 is 0. The highest BCUT2D eigenvalue weighted by atomic mass is 16.6. The minimum atomic E-state index is -0.551. The van der Waals surface area contributed by atoms with E-state index in [1.165, 1.54) is 31.5 Å². The summed E-state index contributed by atoms with van der Waals surface area (Å²) in [5.74, 6) is 0.222. The number of aliphatic imine (C=N–C) groups is 1. The van der Waals surface area contributed by atoms with Gasteiger partial charge < -0.3 is 14.3 Å². The van der Waals surface area contributed by atoms with Crippen molar-refractivity contribution in [1.29, 1.82) is 0 Å². The molecule has 0 atom stereocenters. The summed E-state index contributed by atoms with van der Waals surface area (Å²) in [7, 11) is 1.45. The molecule has 0 unspecified atom stereocenters. The quantitative estimate of drug-likeness (QED) is 0.431. The van der Waals surface area contributed by atoms with Crippen LogP contribution < -0.4 is 4.74 Å². The van der Waals surface area contributed by atoms with Gasteiger partial charge in [0.2, 0.25) is 5.89 Å². The van der Waals surface area contributed by atoms with E-state index in [1.54, 1.807) is 12.1 Å². The number of ether oxygens (including phenoxy) is 1. The van der Waals surface area contributed by atoms with Crippen molar-refractivity contribution in [2.75, 3.05) is 7.11 Å². The second-order valence-corrected chi connectivity index (χ2v) is 4.95. The molecule has 126 valence electrons. The molecule has 1 aromatic heterocycles. The first-order chi connectivity index (χ1) is 12.1. The van der Waals surface area contributed by atoms with Gasteiger partial charge in [-0.3, -0.25) is 10.1 Å². The minimum absolute atomic E-state index is 0.0657. The Kier molecular flexibility index (Phi) is 4.42. The van der Waals surface area contributed by atoms with Crippen molar-refractivity contribution in [2.45, 2.75) is 0 Å². The van der Waals surface area contributed by atoms with Gasteiger partial charge in [0.1, 0.15) is 11.4 Å². The first-order valence-electron chi connectivity index (χ1n) is 7.20. The zero-order chi connectivity index (χ0) is 17.8. The topological polar surface area (TPSA) is 111 Å². The number of aromatic hydroxyl groups is 1. The normalized spacial score (nSPS) is 10.9. The SMILES string of the molecule is COc1ccc([N+](=O)[O-])c(N=Cc2nc(-c3ccccc3)oc2O)c1. The standard InChI is InChI=1S/C17H13N3O5/c1-24-12-7-8-15(20(22)23)13(9-12)18-10-14-17(21)25-16(19-14)11-5-3-2-4-6-11/h2-10,21H,1H3. The molecule has 0 aliphatic carbocycles. The fourth-order valence-electron chi connectivity index (χ4n) is 2.13. The van der Waals surface area contributed by atoms with Gasteiger partial charge in [0.05, 0.1) is 18.2 Å². The second kappa shape index (κ2) is 6.83. The zero-order valence-corrected chi connectivity index (χ0v) is 13.1. The van der Waals surface area contributed by atoms with Crippen LogP contribution in [0.4, 0.5) is 11.4 Å². The molecule has 0 aliphatic heterocycles. The maximum Gasteiger partial charge on any atom is 0.312 e. The highest BCUT2D eigenvalue weighted by molar-refractivity contribution is 5.84. The van der Waals surface area contributed by atoms with E-state index in [2.05, 4.69) is 9.98 Å². The highest BCUT2D eigenvalue weighted by Crippen LogP contribution is 2.32. The summed E-state index contributed by atoms with van der Waals surface area (Å²) in [6, 6.07) is 13.2. The van der Waals surface area contributed by atoms with E-state index in [0.717, 1.165) is 0 Å². The van der Waals surface area contributed by atoms with E-state index in [9.17, 15) is 15.2 Å². The maximum absolute atomic E-state index is 11.1. The van der Waals surface area contributed by atoms with Gasteiger partial charge in [-0.05, 0) is 18.2 Å². The van der Waals surface area contributed by atoms with E-state index in [-0.39, 0.29) is 23.0 Å². The average molecular weight is 339 g/mol. The molecule has 0 fully saturated rings. The third-order valence-corrected chi connectivity index (χ3v) is 3.36. The molecule has 1 heterocycles. The summed E-state index contributed by atoms with van der Waals surface area (Å²) in [5, 5.41) is 21.0. The maximum atomic E-state index is 11.1. The van der Waals surface area contributed by atoms with Crippen LogP contribution in [0.15, 0.2) is 57.9 Å². The molecule has 0 radical (unpaired) electrons. The third-order valence-electron chi connectivity index (χ3n) is 3.36. The average Bonchev–Trinajstić information content (AvgIpc) is 3.01. The van der Waals surface area contributed by atoms with Gasteiger partial charge in [0, 0.05) is 17.7 Å². The van der Waals surface area contributed by atoms with Crippen LogP contribution in [0.1, 0.15) is 5.69 Å². The molecule has 25 heavy (non-hydrogen) atoms. The molecule has 2 aromatic carbocycles. The lowest BCUT2D eigenvalue weighted by atomic mass is 10.2. The number of aromatic nitrogens is 1. The number of nitro benzene ring substituents is 1. The Labute approximate surface area is 142 Å². The van der Waals surface area contributed by atoms with E-state index < -0.39 is 10.9 Å². The molecule has 1 N–H and O–H groups in total. The number of rotatable bonds is 5. The number of oxazole rings is 1. The van der Waals surface area contributed by atoms with Crippen LogP contribution in [0.25, 0.3) is 11.5 Å². The number of nitro groups is 1. The van der Waals surface area contributed by atoms with Crippen molar-refractivity contribution in [2.24, 2.45) is 4.99 Å². The molecule has 0 bridgehead atoms. The van der Waals surface area contributed by atoms with Gasteiger partial charge in [0.15, 0.2) is 5.69 Å². The predicted octanol–water partition coefficient (Wildman–Crippen LogP) is 3.71. The van der Waals surface area contributed by atoms with Gasteiger partial charge >= 0.3 is 5.95 Å². The summed E-state index contributed by atoms with van der Waals surface area (Å²) in [6.07, 6.45) is 1.20. The van der Waals surface area contributed by atoms with Crippen LogP contribution in [0.5, 0.6) is 11.7 Å². The van der Waals surface area contributed by atoms with E-state index in [4.69, 9.17) is 9.15 Å². The molecule has 8 heteroatoms. The molecular formula is C17H13N3O5. The lowest BCUT2D eigenvalue weighted by molar-refractivity contribution is -0.384.